The third-order valence-electron chi connectivity index (χ3n) is 6.03. The quantitative estimate of drug-likeness (QED) is 0.647. The van der Waals surface area contributed by atoms with Crippen molar-refractivity contribution in [1.29, 1.82) is 0 Å². The minimum absolute atomic E-state index is 0.117. The van der Waals surface area contributed by atoms with Gasteiger partial charge in [0.1, 0.15) is 17.4 Å². The third-order valence-corrected chi connectivity index (χ3v) is 6.03. The monoisotopic (exact) mass is 412 g/mol. The summed E-state index contributed by atoms with van der Waals surface area (Å²) < 4.78 is 21.7. The van der Waals surface area contributed by atoms with Crippen molar-refractivity contribution in [3.8, 4) is 5.75 Å². The van der Waals surface area contributed by atoms with Gasteiger partial charge in [-0.25, -0.2) is 9.37 Å². The number of nitrogens with zero attached hydrogens (tertiary/aromatic N) is 4. The molecule has 0 spiro atoms. The largest absolute Gasteiger partial charge is 0.497 e. The molecule has 1 saturated heterocycles. The van der Waals surface area contributed by atoms with E-state index < -0.39 is 0 Å². The average molecular weight is 413 g/mol. The number of rotatable bonds is 7. The van der Waals surface area contributed by atoms with Crippen molar-refractivity contribution in [3.05, 3.63) is 59.7 Å². The van der Waals surface area contributed by atoms with Crippen LogP contribution in [0.25, 0.3) is 11.0 Å². The van der Waals surface area contributed by atoms with Crippen molar-refractivity contribution in [1.82, 2.24) is 19.4 Å². The molecule has 1 N–H and O–H groups in total. The zero-order valence-electron chi connectivity index (χ0n) is 17.6. The minimum atomic E-state index is -0.251. The summed E-state index contributed by atoms with van der Waals surface area (Å²) >= 11 is 0. The molecule has 3 aromatic rings. The van der Waals surface area contributed by atoms with E-state index in [0.717, 1.165) is 43.0 Å². The standard InChI is InChI=1S/C23H29FN4O2/c1-26-22-6-4-3-5-21(22)25-23(26)16-27-10-11-28(18(15-27)9-12-29)14-17-7-8-19(30-2)13-20(17)24/h3-8,13,18,29H,9-12,14-16H2,1-2H3/t18-/m1/s1. The summed E-state index contributed by atoms with van der Waals surface area (Å²) in [5, 5.41) is 9.59. The van der Waals surface area contributed by atoms with Gasteiger partial charge in [0, 0.05) is 57.5 Å². The van der Waals surface area contributed by atoms with Crippen LogP contribution in [0.2, 0.25) is 0 Å². The fourth-order valence-electron chi connectivity index (χ4n) is 4.27. The number of imidazole rings is 1. The van der Waals surface area contributed by atoms with Crippen LogP contribution < -0.4 is 4.74 Å². The van der Waals surface area contributed by atoms with Gasteiger partial charge in [-0.05, 0) is 24.6 Å². The Morgan fingerprint density at radius 1 is 1.17 bits per heavy atom. The summed E-state index contributed by atoms with van der Waals surface area (Å²) in [6.07, 6.45) is 0.664. The van der Waals surface area contributed by atoms with Gasteiger partial charge in [0.25, 0.3) is 0 Å². The number of fused-ring (bicyclic) bond motifs is 1. The van der Waals surface area contributed by atoms with Crippen molar-refractivity contribution in [3.63, 3.8) is 0 Å². The number of halogens is 1. The molecule has 6 nitrogen and oxygen atoms in total. The number of piperazine rings is 1. The molecule has 0 radical (unpaired) electrons. The molecule has 4 rings (SSSR count). The third kappa shape index (κ3) is 4.33. The molecule has 1 fully saturated rings. The second kappa shape index (κ2) is 9.12. The number of aromatic nitrogens is 2. The smallest absolute Gasteiger partial charge is 0.131 e. The molecular formula is C23H29FN4O2. The number of para-hydroxylation sites is 2. The Labute approximate surface area is 176 Å². The Kier molecular flexibility index (Phi) is 6.32. The first-order chi connectivity index (χ1) is 14.6. The highest BCUT2D eigenvalue weighted by Crippen LogP contribution is 2.23. The normalized spacial score (nSPS) is 18.2. The van der Waals surface area contributed by atoms with E-state index in [2.05, 4.69) is 27.5 Å². The van der Waals surface area contributed by atoms with Crippen molar-refractivity contribution in [2.45, 2.75) is 25.6 Å². The molecule has 1 aliphatic rings. The van der Waals surface area contributed by atoms with E-state index in [-0.39, 0.29) is 18.5 Å². The summed E-state index contributed by atoms with van der Waals surface area (Å²) in [4.78, 5) is 9.44. The predicted molar refractivity (Wildman–Crippen MR) is 115 cm³/mol. The lowest BCUT2D eigenvalue weighted by Gasteiger charge is -2.41. The Morgan fingerprint density at radius 3 is 2.73 bits per heavy atom. The summed E-state index contributed by atoms with van der Waals surface area (Å²) in [5.41, 5.74) is 2.80. The summed E-state index contributed by atoms with van der Waals surface area (Å²) in [6.45, 7) is 3.93. The highest BCUT2D eigenvalue weighted by Gasteiger charge is 2.28. The number of benzene rings is 2. The molecular weight excluding hydrogens is 383 g/mol. The van der Waals surface area contributed by atoms with Gasteiger partial charge in [-0.2, -0.15) is 0 Å². The highest BCUT2D eigenvalue weighted by molar-refractivity contribution is 5.75. The summed E-state index contributed by atoms with van der Waals surface area (Å²) in [6, 6.07) is 13.3. The van der Waals surface area contributed by atoms with Crippen molar-refractivity contribution < 1.29 is 14.2 Å². The molecule has 0 saturated carbocycles. The van der Waals surface area contributed by atoms with Crippen LogP contribution in [0.5, 0.6) is 5.75 Å². The predicted octanol–water partition coefficient (Wildman–Crippen LogP) is 2.79. The maximum Gasteiger partial charge on any atom is 0.131 e. The highest BCUT2D eigenvalue weighted by atomic mass is 19.1. The summed E-state index contributed by atoms with van der Waals surface area (Å²) in [7, 11) is 3.59. The first-order valence-electron chi connectivity index (χ1n) is 10.4. The minimum Gasteiger partial charge on any atom is -0.497 e. The van der Waals surface area contributed by atoms with E-state index in [1.807, 2.05) is 18.2 Å². The molecule has 2 aromatic carbocycles. The second-order valence-corrected chi connectivity index (χ2v) is 7.90. The van der Waals surface area contributed by atoms with Gasteiger partial charge in [0.2, 0.25) is 0 Å². The van der Waals surface area contributed by atoms with Gasteiger partial charge in [0.15, 0.2) is 0 Å². The number of hydrogen-bond donors (Lipinski definition) is 1. The maximum atomic E-state index is 14.4. The Balaban J connectivity index is 1.45. The van der Waals surface area contributed by atoms with Crippen LogP contribution in [0.15, 0.2) is 42.5 Å². The lowest BCUT2D eigenvalue weighted by atomic mass is 10.1. The van der Waals surface area contributed by atoms with E-state index >= 15 is 0 Å². The number of aliphatic hydroxyl groups excluding tert-OH is 1. The topological polar surface area (TPSA) is 53.8 Å². The Bertz CT molecular complexity index is 1010. The van der Waals surface area contributed by atoms with Crippen LogP contribution in [0.1, 0.15) is 17.8 Å². The zero-order valence-corrected chi connectivity index (χ0v) is 17.6. The van der Waals surface area contributed by atoms with Gasteiger partial charge >= 0.3 is 0 Å². The molecule has 1 atom stereocenters. The zero-order chi connectivity index (χ0) is 21.1. The van der Waals surface area contributed by atoms with E-state index in [9.17, 15) is 9.50 Å². The molecule has 0 unspecified atom stereocenters. The molecule has 7 heteroatoms. The first-order valence-corrected chi connectivity index (χ1v) is 10.4. The summed E-state index contributed by atoms with van der Waals surface area (Å²) in [5.74, 6) is 1.31. The van der Waals surface area contributed by atoms with Crippen LogP contribution in [0.3, 0.4) is 0 Å². The van der Waals surface area contributed by atoms with Crippen LogP contribution >= 0.6 is 0 Å². The van der Waals surface area contributed by atoms with Gasteiger partial charge in [0.05, 0.1) is 24.7 Å². The lowest BCUT2D eigenvalue weighted by molar-refractivity contribution is 0.0478. The van der Waals surface area contributed by atoms with E-state index in [4.69, 9.17) is 9.72 Å². The van der Waals surface area contributed by atoms with Gasteiger partial charge in [-0.15, -0.1) is 0 Å². The maximum absolute atomic E-state index is 14.4. The second-order valence-electron chi connectivity index (χ2n) is 7.90. The van der Waals surface area contributed by atoms with Crippen LogP contribution in [0, 0.1) is 5.82 Å². The van der Waals surface area contributed by atoms with Gasteiger partial charge < -0.3 is 14.4 Å². The van der Waals surface area contributed by atoms with Crippen LogP contribution in [-0.4, -0.2) is 63.9 Å². The molecule has 30 heavy (non-hydrogen) atoms. The van der Waals surface area contributed by atoms with Crippen molar-refractivity contribution in [2.24, 2.45) is 7.05 Å². The molecule has 160 valence electrons. The van der Waals surface area contributed by atoms with Crippen LogP contribution in [0.4, 0.5) is 4.39 Å². The van der Waals surface area contributed by atoms with Crippen molar-refractivity contribution in [2.75, 3.05) is 33.4 Å². The van der Waals surface area contributed by atoms with Crippen LogP contribution in [-0.2, 0) is 20.1 Å². The average Bonchev–Trinajstić information content (AvgIpc) is 3.07. The molecule has 1 aromatic heterocycles. The number of hydrogen-bond acceptors (Lipinski definition) is 5. The first kappa shape index (κ1) is 20.8. The number of ether oxygens (including phenoxy) is 1. The molecule has 1 aliphatic heterocycles. The molecule has 0 aliphatic carbocycles. The van der Waals surface area contributed by atoms with Gasteiger partial charge in [-0.3, -0.25) is 9.80 Å². The lowest BCUT2D eigenvalue weighted by Crippen LogP contribution is -2.52. The fourth-order valence-corrected chi connectivity index (χ4v) is 4.27. The number of aliphatic hydroxyl groups is 1. The van der Waals surface area contributed by atoms with E-state index in [1.165, 1.54) is 13.2 Å². The van der Waals surface area contributed by atoms with Gasteiger partial charge in [-0.1, -0.05) is 18.2 Å². The SMILES string of the molecule is COc1ccc(CN2CCN(Cc3nc4ccccc4n3C)C[C@H]2CCO)c(F)c1. The molecule has 0 bridgehead atoms. The number of aryl methyl sites for hydroxylation is 1. The Hall–Kier alpha value is -2.48. The van der Waals surface area contributed by atoms with Crippen molar-refractivity contribution >= 4 is 11.0 Å². The number of methoxy groups -OCH3 is 1. The Morgan fingerprint density at radius 2 is 2.00 bits per heavy atom. The van der Waals surface area contributed by atoms with E-state index in [1.54, 1.807) is 12.1 Å². The fraction of sp³-hybridized carbons (Fsp3) is 0.435. The molecule has 0 amide bonds. The molecule has 2 heterocycles. The van der Waals surface area contributed by atoms with E-state index in [0.29, 0.717) is 24.3 Å².